The maximum atomic E-state index is 10.7. The molecule has 1 N–H and O–H groups in total. The van der Waals surface area contributed by atoms with Crippen LogP contribution in [-0.2, 0) is 14.3 Å². The summed E-state index contributed by atoms with van der Waals surface area (Å²) in [5, 5.41) is 8.88. The maximum Gasteiger partial charge on any atom is 0.335 e. The number of aliphatic hydroxyl groups is 1. The molecule has 0 aromatic carbocycles. The van der Waals surface area contributed by atoms with Gasteiger partial charge >= 0.3 is 5.97 Å². The van der Waals surface area contributed by atoms with Crippen molar-refractivity contribution in [3.8, 4) is 0 Å². The van der Waals surface area contributed by atoms with Gasteiger partial charge < -0.3 is 9.84 Å². The van der Waals surface area contributed by atoms with E-state index in [0.29, 0.717) is 12.7 Å². The normalized spacial score (nSPS) is 15.2. The van der Waals surface area contributed by atoms with E-state index in [9.17, 15) is 9.59 Å². The van der Waals surface area contributed by atoms with E-state index in [4.69, 9.17) is 5.11 Å². The van der Waals surface area contributed by atoms with Crippen molar-refractivity contribution in [2.45, 2.75) is 32.5 Å². The number of carbonyl (C=O) groups excluding carboxylic acids is 2. The van der Waals surface area contributed by atoms with Gasteiger partial charge in [0.25, 0.3) is 0 Å². The minimum Gasteiger partial charge on any atom is -0.453 e. The van der Waals surface area contributed by atoms with E-state index < -0.39 is 18.2 Å². The average Bonchev–Trinajstić information content (AvgIpc) is 2.02. The van der Waals surface area contributed by atoms with Gasteiger partial charge in [-0.05, 0) is 13.3 Å². The lowest BCUT2D eigenvalue weighted by Gasteiger charge is -2.09. The first-order chi connectivity index (χ1) is 5.11. The molecule has 0 radical (unpaired) electrons. The Morgan fingerprint density at radius 2 is 2.27 bits per heavy atom. The number of hydrogen-bond donors (Lipinski definition) is 1. The molecule has 0 aliphatic carbocycles. The predicted octanol–water partition coefficient (Wildman–Crippen LogP) is -0.112. The van der Waals surface area contributed by atoms with Gasteiger partial charge in [-0.1, -0.05) is 6.92 Å². The summed E-state index contributed by atoms with van der Waals surface area (Å²) >= 11 is 0. The Morgan fingerprint density at radius 3 is 2.64 bits per heavy atom. The molecule has 0 bridgehead atoms. The number of hydrogen-bond acceptors (Lipinski definition) is 4. The summed E-state index contributed by atoms with van der Waals surface area (Å²) in [6.07, 6.45) is -1.09. The van der Waals surface area contributed by atoms with E-state index in [-0.39, 0.29) is 0 Å². The van der Waals surface area contributed by atoms with Crippen LogP contribution in [0, 0.1) is 0 Å². The van der Waals surface area contributed by atoms with E-state index in [1.165, 1.54) is 6.92 Å². The Balaban J connectivity index is 3.76. The lowest BCUT2D eigenvalue weighted by molar-refractivity contribution is -0.159. The molecule has 0 aromatic rings. The molecule has 4 nitrogen and oxygen atoms in total. The van der Waals surface area contributed by atoms with Crippen LogP contribution in [0.3, 0.4) is 0 Å². The number of carbonyl (C=O) groups is 2. The van der Waals surface area contributed by atoms with E-state index in [0.717, 1.165) is 0 Å². The van der Waals surface area contributed by atoms with Crippen molar-refractivity contribution in [2.75, 3.05) is 0 Å². The van der Waals surface area contributed by atoms with E-state index >= 15 is 0 Å². The van der Waals surface area contributed by atoms with Crippen LogP contribution in [0.1, 0.15) is 20.3 Å². The number of ether oxygens (including phenoxy) is 1. The Hall–Kier alpha value is -0.900. The van der Waals surface area contributed by atoms with Crippen molar-refractivity contribution in [2.24, 2.45) is 0 Å². The number of rotatable bonds is 4. The molecule has 0 spiro atoms. The van der Waals surface area contributed by atoms with Crippen molar-refractivity contribution < 1.29 is 19.4 Å². The fourth-order valence-electron chi connectivity index (χ4n) is 0.456. The topological polar surface area (TPSA) is 63.6 Å². The van der Waals surface area contributed by atoms with Crippen molar-refractivity contribution in [3.63, 3.8) is 0 Å². The van der Waals surface area contributed by atoms with Crippen LogP contribution in [0.25, 0.3) is 0 Å². The minimum atomic E-state index is -1.11. The molecule has 11 heavy (non-hydrogen) atoms. The molecule has 0 rings (SSSR count). The summed E-state index contributed by atoms with van der Waals surface area (Å²) in [6.45, 7) is 3.09. The zero-order valence-electron chi connectivity index (χ0n) is 6.61. The molecule has 0 saturated heterocycles. The van der Waals surface area contributed by atoms with Crippen LogP contribution < -0.4 is 0 Å². The molecule has 0 aliphatic rings. The maximum absolute atomic E-state index is 10.7. The zero-order chi connectivity index (χ0) is 8.85. The summed E-state index contributed by atoms with van der Waals surface area (Å²) in [4.78, 5) is 20.7. The van der Waals surface area contributed by atoms with Gasteiger partial charge in [-0.2, -0.15) is 0 Å². The molecular formula is C7H12O4. The largest absolute Gasteiger partial charge is 0.453 e. The van der Waals surface area contributed by atoms with Gasteiger partial charge in [-0.15, -0.1) is 0 Å². The standard InChI is InChI=1S/C7H12O4/c1-3-6(9)7(10)11-5(2)4-8/h4-6,9H,3H2,1-2H3. The third kappa shape index (κ3) is 3.72. The molecule has 0 amide bonds. The van der Waals surface area contributed by atoms with Crippen LogP contribution in [0.2, 0.25) is 0 Å². The Kier molecular flexibility index (Phi) is 4.45. The summed E-state index contributed by atoms with van der Waals surface area (Å²) < 4.78 is 4.50. The summed E-state index contributed by atoms with van der Waals surface area (Å²) in [5.74, 6) is -0.743. The second-order valence-electron chi connectivity index (χ2n) is 2.20. The van der Waals surface area contributed by atoms with E-state index in [2.05, 4.69) is 4.74 Å². The van der Waals surface area contributed by atoms with Gasteiger partial charge in [-0.25, -0.2) is 4.79 Å². The first-order valence-corrected chi connectivity index (χ1v) is 3.45. The van der Waals surface area contributed by atoms with Crippen molar-refractivity contribution in [1.82, 2.24) is 0 Å². The number of aliphatic hydroxyl groups excluding tert-OH is 1. The fraction of sp³-hybridized carbons (Fsp3) is 0.714. The second kappa shape index (κ2) is 4.85. The number of aldehydes is 1. The zero-order valence-corrected chi connectivity index (χ0v) is 6.61. The Morgan fingerprint density at radius 1 is 1.73 bits per heavy atom. The highest BCUT2D eigenvalue weighted by Crippen LogP contribution is 1.96. The monoisotopic (exact) mass is 160 g/mol. The van der Waals surface area contributed by atoms with Crippen molar-refractivity contribution in [1.29, 1.82) is 0 Å². The molecule has 64 valence electrons. The molecule has 0 saturated carbocycles. The SMILES string of the molecule is CCC(O)C(=O)OC(C)C=O. The molecule has 4 heteroatoms. The highest BCUT2D eigenvalue weighted by atomic mass is 16.6. The summed E-state index contributed by atoms with van der Waals surface area (Å²) in [6, 6.07) is 0. The van der Waals surface area contributed by atoms with Crippen LogP contribution in [-0.4, -0.2) is 29.6 Å². The van der Waals surface area contributed by atoms with Gasteiger partial charge in [0.05, 0.1) is 0 Å². The predicted molar refractivity (Wildman–Crippen MR) is 37.9 cm³/mol. The third-order valence-corrected chi connectivity index (χ3v) is 1.15. The van der Waals surface area contributed by atoms with Crippen molar-refractivity contribution >= 4 is 12.3 Å². The fourth-order valence-corrected chi connectivity index (χ4v) is 0.456. The molecule has 0 fully saturated rings. The molecular weight excluding hydrogens is 148 g/mol. The second-order valence-corrected chi connectivity index (χ2v) is 2.20. The Labute approximate surface area is 65.2 Å². The van der Waals surface area contributed by atoms with Crippen molar-refractivity contribution in [3.05, 3.63) is 0 Å². The van der Waals surface area contributed by atoms with Crippen LogP contribution in [0.4, 0.5) is 0 Å². The summed E-state index contributed by atoms with van der Waals surface area (Å²) in [7, 11) is 0. The van der Waals surface area contributed by atoms with E-state index in [1.807, 2.05) is 0 Å². The highest BCUT2D eigenvalue weighted by molar-refractivity contribution is 5.76. The first kappa shape index (κ1) is 10.1. The lowest BCUT2D eigenvalue weighted by Crippen LogP contribution is -2.26. The molecule has 0 aromatic heterocycles. The highest BCUT2D eigenvalue weighted by Gasteiger charge is 2.16. The first-order valence-electron chi connectivity index (χ1n) is 3.45. The number of esters is 1. The third-order valence-electron chi connectivity index (χ3n) is 1.15. The van der Waals surface area contributed by atoms with Gasteiger partial charge in [0, 0.05) is 0 Å². The summed E-state index contributed by atoms with van der Waals surface area (Å²) in [5.41, 5.74) is 0. The Bertz CT molecular complexity index is 143. The minimum absolute atomic E-state index is 0.296. The molecule has 2 atom stereocenters. The smallest absolute Gasteiger partial charge is 0.335 e. The van der Waals surface area contributed by atoms with Gasteiger partial charge in [0.15, 0.2) is 18.5 Å². The van der Waals surface area contributed by atoms with Gasteiger partial charge in [-0.3, -0.25) is 4.79 Å². The average molecular weight is 160 g/mol. The van der Waals surface area contributed by atoms with Crippen LogP contribution >= 0.6 is 0 Å². The van der Waals surface area contributed by atoms with Gasteiger partial charge in [0.1, 0.15) is 0 Å². The quantitative estimate of drug-likeness (QED) is 0.460. The van der Waals surface area contributed by atoms with Crippen LogP contribution in [0.15, 0.2) is 0 Å². The van der Waals surface area contributed by atoms with Gasteiger partial charge in [0.2, 0.25) is 0 Å². The molecule has 0 aliphatic heterocycles. The molecule has 0 heterocycles. The molecule has 2 unspecified atom stereocenters. The van der Waals surface area contributed by atoms with E-state index in [1.54, 1.807) is 6.92 Å². The van der Waals surface area contributed by atoms with Crippen LogP contribution in [0.5, 0.6) is 0 Å². The lowest BCUT2D eigenvalue weighted by atomic mass is 10.3.